The summed E-state index contributed by atoms with van der Waals surface area (Å²) in [5.41, 5.74) is 0. The molecule has 0 spiro atoms. The Balaban J connectivity index is 0. The molecule has 0 saturated heterocycles. The van der Waals surface area contributed by atoms with Crippen LogP contribution in [0.4, 0.5) is 0 Å². The maximum absolute atomic E-state index is 10.2. The van der Waals surface area contributed by atoms with E-state index in [0.717, 1.165) is 0 Å². The smallest absolute Gasteiger partial charge is 0.324 e. The zero-order chi connectivity index (χ0) is 8.91. The van der Waals surface area contributed by atoms with Crippen molar-refractivity contribution in [2.24, 2.45) is 0 Å². The van der Waals surface area contributed by atoms with Crippen molar-refractivity contribution in [1.82, 2.24) is 5.06 Å². The largest absolute Gasteiger partial charge is 0.325 e. The maximum atomic E-state index is 10.2. The Hall–Kier alpha value is 0.580. The second-order valence-corrected chi connectivity index (χ2v) is 3.79. The molecule has 0 aromatic rings. The molecule has 0 bridgehead atoms. The summed E-state index contributed by atoms with van der Waals surface area (Å²) in [5.74, 6) is 0. The molecule has 0 aliphatic carbocycles. The molecule has 8 heteroatoms. The van der Waals surface area contributed by atoms with E-state index in [1.807, 2.05) is 0 Å². The molecular formula is C4H10NNaO5P. The molecule has 6 nitrogen and oxygen atoms in total. The monoisotopic (exact) mass is 206 g/mol. The third kappa shape index (κ3) is 10.6. The molecule has 0 aliphatic rings. The van der Waals surface area contributed by atoms with Crippen LogP contribution in [-0.2, 0) is 9.36 Å². The number of carbonyl (C=O) groups excluding carboxylic acids is 1. The molecule has 0 saturated carbocycles. The van der Waals surface area contributed by atoms with Crippen LogP contribution in [0.25, 0.3) is 0 Å². The summed E-state index contributed by atoms with van der Waals surface area (Å²) in [7, 11) is -3.99. The standard InChI is InChI=1S/C4H10NO5P.Na/c6-4-5(7)2-1-3-11(8,9)10;/h4,7H,1-3H2,(H2,8,9,10);. The van der Waals surface area contributed by atoms with E-state index in [0.29, 0.717) is 5.06 Å². The molecule has 12 heavy (non-hydrogen) atoms. The molecule has 0 aliphatic heterocycles. The first-order chi connectivity index (χ1) is 4.95. The number of nitrogens with zero attached hydrogens (tertiary/aromatic N) is 1. The quantitative estimate of drug-likeness (QED) is 0.176. The fourth-order valence-electron chi connectivity index (χ4n) is 0.491. The molecule has 0 fully saturated rings. The zero-order valence-electron chi connectivity index (χ0n) is 6.75. The van der Waals surface area contributed by atoms with E-state index in [1.54, 1.807) is 0 Å². The predicted molar refractivity (Wildman–Crippen MR) is 41.8 cm³/mol. The van der Waals surface area contributed by atoms with Crippen LogP contribution in [0.15, 0.2) is 0 Å². The molecule has 3 N–H and O–H groups in total. The second-order valence-electron chi connectivity index (χ2n) is 2.01. The van der Waals surface area contributed by atoms with E-state index < -0.39 is 7.60 Å². The third-order valence-corrected chi connectivity index (χ3v) is 1.86. The van der Waals surface area contributed by atoms with Gasteiger partial charge >= 0.3 is 7.60 Å². The van der Waals surface area contributed by atoms with Crippen molar-refractivity contribution in [3.63, 3.8) is 0 Å². The van der Waals surface area contributed by atoms with E-state index in [9.17, 15) is 9.36 Å². The number of hydroxylamine groups is 2. The van der Waals surface area contributed by atoms with Gasteiger partial charge in [0.15, 0.2) is 0 Å². The van der Waals surface area contributed by atoms with Gasteiger partial charge in [0.25, 0.3) is 0 Å². The molecule has 1 amide bonds. The summed E-state index contributed by atoms with van der Waals surface area (Å²) >= 11 is 0. The molecular weight excluding hydrogens is 196 g/mol. The second kappa shape index (κ2) is 7.03. The van der Waals surface area contributed by atoms with Crippen LogP contribution in [0.2, 0.25) is 0 Å². The van der Waals surface area contributed by atoms with Gasteiger partial charge in [-0.3, -0.25) is 14.6 Å². The van der Waals surface area contributed by atoms with E-state index in [1.165, 1.54) is 0 Å². The van der Waals surface area contributed by atoms with E-state index in [4.69, 9.17) is 15.0 Å². The van der Waals surface area contributed by atoms with Gasteiger partial charge in [0, 0.05) is 36.1 Å². The van der Waals surface area contributed by atoms with Gasteiger partial charge in [0.2, 0.25) is 6.41 Å². The van der Waals surface area contributed by atoms with Crippen molar-refractivity contribution in [3.8, 4) is 0 Å². The SMILES string of the molecule is O=CN(O)CCCP(=O)(O)O.[Na]. The normalized spacial score (nSPS) is 10.2. The van der Waals surface area contributed by atoms with E-state index in [-0.39, 0.29) is 55.1 Å². The minimum Gasteiger partial charge on any atom is -0.324 e. The first kappa shape index (κ1) is 15.1. The average Bonchev–Trinajstić information content (AvgIpc) is 1.85. The zero-order valence-corrected chi connectivity index (χ0v) is 9.65. The summed E-state index contributed by atoms with van der Waals surface area (Å²) in [4.78, 5) is 26.4. The van der Waals surface area contributed by atoms with Gasteiger partial charge in [-0.05, 0) is 6.42 Å². The first-order valence-electron chi connectivity index (χ1n) is 2.91. The summed E-state index contributed by atoms with van der Waals surface area (Å²) in [6.45, 7) is -0.0609. The van der Waals surface area contributed by atoms with Gasteiger partial charge in [0.05, 0.1) is 6.16 Å². The van der Waals surface area contributed by atoms with Crippen LogP contribution in [0.5, 0.6) is 0 Å². The van der Waals surface area contributed by atoms with Crippen molar-refractivity contribution in [2.75, 3.05) is 12.7 Å². The van der Waals surface area contributed by atoms with Crippen molar-refractivity contribution >= 4 is 43.6 Å². The number of carbonyl (C=O) groups is 1. The van der Waals surface area contributed by atoms with Gasteiger partial charge in [-0.25, -0.2) is 5.06 Å². The van der Waals surface area contributed by atoms with Crippen molar-refractivity contribution in [1.29, 1.82) is 0 Å². The molecule has 0 aromatic carbocycles. The summed E-state index contributed by atoms with van der Waals surface area (Å²) in [5, 5.41) is 8.81. The summed E-state index contributed by atoms with van der Waals surface area (Å²) < 4.78 is 10.2. The molecule has 0 atom stereocenters. The Labute approximate surface area is 92.0 Å². The summed E-state index contributed by atoms with van der Waals surface area (Å²) in [6.07, 6.45) is -0.0584. The van der Waals surface area contributed by atoms with E-state index in [2.05, 4.69) is 0 Å². The number of amides is 1. The van der Waals surface area contributed by atoms with Crippen molar-refractivity contribution < 1.29 is 24.4 Å². The van der Waals surface area contributed by atoms with Crippen LogP contribution in [0, 0.1) is 0 Å². The van der Waals surface area contributed by atoms with Crippen LogP contribution in [-0.4, -0.2) is 68.7 Å². The molecule has 0 rings (SSSR count). The number of hydrogen-bond donors (Lipinski definition) is 3. The minimum atomic E-state index is -3.99. The molecule has 1 radical (unpaired) electrons. The van der Waals surface area contributed by atoms with Gasteiger partial charge in [-0.1, -0.05) is 0 Å². The van der Waals surface area contributed by atoms with Crippen molar-refractivity contribution in [2.45, 2.75) is 6.42 Å². The molecule has 0 unspecified atom stereocenters. The Morgan fingerprint density at radius 2 is 1.92 bits per heavy atom. The number of rotatable bonds is 5. The first-order valence-corrected chi connectivity index (χ1v) is 4.71. The van der Waals surface area contributed by atoms with Gasteiger partial charge < -0.3 is 9.79 Å². The predicted octanol–water partition coefficient (Wildman–Crippen LogP) is -0.979. The molecule has 0 heterocycles. The number of hydrogen-bond acceptors (Lipinski definition) is 3. The van der Waals surface area contributed by atoms with Crippen LogP contribution in [0.1, 0.15) is 6.42 Å². The molecule has 0 aromatic heterocycles. The van der Waals surface area contributed by atoms with Crippen LogP contribution in [0.3, 0.4) is 0 Å². The molecule has 67 valence electrons. The Kier molecular flexibility index (Phi) is 8.83. The Morgan fingerprint density at radius 3 is 2.25 bits per heavy atom. The minimum absolute atomic E-state index is 0. The Morgan fingerprint density at radius 1 is 1.42 bits per heavy atom. The van der Waals surface area contributed by atoms with Crippen molar-refractivity contribution in [3.05, 3.63) is 0 Å². The van der Waals surface area contributed by atoms with Gasteiger partial charge in [0.1, 0.15) is 0 Å². The fourth-order valence-corrected chi connectivity index (χ4v) is 1.04. The van der Waals surface area contributed by atoms with Crippen LogP contribution >= 0.6 is 7.60 Å². The maximum Gasteiger partial charge on any atom is 0.325 e. The summed E-state index contributed by atoms with van der Waals surface area (Å²) in [6, 6.07) is 0. The van der Waals surface area contributed by atoms with Gasteiger partial charge in [-0.15, -0.1) is 0 Å². The fraction of sp³-hybridized carbons (Fsp3) is 0.750. The average molecular weight is 206 g/mol. The van der Waals surface area contributed by atoms with Crippen LogP contribution < -0.4 is 0 Å². The third-order valence-electron chi connectivity index (χ3n) is 0.958. The Bertz CT molecular complexity index is 171. The topological polar surface area (TPSA) is 98.1 Å². The van der Waals surface area contributed by atoms with E-state index >= 15 is 0 Å². The van der Waals surface area contributed by atoms with Gasteiger partial charge in [-0.2, -0.15) is 0 Å².